The Morgan fingerprint density at radius 2 is 1.79 bits per heavy atom. The second kappa shape index (κ2) is 6.40. The first kappa shape index (κ1) is 13.9. The molecule has 0 heterocycles. The van der Waals surface area contributed by atoms with Gasteiger partial charge in [0, 0.05) is 6.04 Å². The van der Waals surface area contributed by atoms with Gasteiger partial charge in [0.25, 0.3) is 0 Å². The summed E-state index contributed by atoms with van der Waals surface area (Å²) in [5.74, 6) is 0.294. The minimum atomic E-state index is -2.86. The van der Waals surface area contributed by atoms with E-state index in [0.29, 0.717) is 18.2 Å². The van der Waals surface area contributed by atoms with Gasteiger partial charge in [0.2, 0.25) is 0 Å². The van der Waals surface area contributed by atoms with Crippen LogP contribution in [0.3, 0.4) is 0 Å². The van der Waals surface area contributed by atoms with Crippen molar-refractivity contribution in [1.29, 1.82) is 0 Å². The Labute approximate surface area is 88.2 Å². The first-order chi connectivity index (χ1) is 6.40. The molecule has 0 aliphatic heterocycles. The van der Waals surface area contributed by atoms with Crippen LogP contribution in [-0.2, 0) is 9.84 Å². The molecule has 0 bridgehead atoms. The highest BCUT2D eigenvalue weighted by Crippen LogP contribution is 2.04. The highest BCUT2D eigenvalue weighted by molar-refractivity contribution is 7.91. The lowest BCUT2D eigenvalue weighted by molar-refractivity contribution is 0.524. The van der Waals surface area contributed by atoms with Crippen LogP contribution in [-0.4, -0.2) is 32.0 Å². The molecule has 0 aromatic carbocycles. The maximum Gasteiger partial charge on any atom is 0.152 e. The number of hydrogen-bond acceptors (Lipinski definition) is 3. The van der Waals surface area contributed by atoms with Crippen LogP contribution in [0.1, 0.15) is 40.5 Å². The van der Waals surface area contributed by atoms with Gasteiger partial charge in [0.15, 0.2) is 9.84 Å². The molecule has 4 heteroatoms. The smallest absolute Gasteiger partial charge is 0.152 e. The maximum atomic E-state index is 11.5. The highest BCUT2D eigenvalue weighted by Gasteiger charge is 2.16. The average molecular weight is 221 g/mol. The summed E-state index contributed by atoms with van der Waals surface area (Å²) in [5.41, 5.74) is 0. The third-order valence-corrected chi connectivity index (χ3v) is 4.54. The zero-order valence-electron chi connectivity index (χ0n) is 9.71. The van der Waals surface area contributed by atoms with E-state index in [0.717, 1.165) is 13.0 Å². The summed E-state index contributed by atoms with van der Waals surface area (Å²) in [5, 5.41) is 3.03. The first-order valence-electron chi connectivity index (χ1n) is 5.35. The standard InChI is InChI=1S/C10H23NO2S/c1-5-7-11-10(4)6-8-14(12,13)9(2)3/h9-11H,5-8H2,1-4H3. The van der Waals surface area contributed by atoms with Crippen LogP contribution in [0.5, 0.6) is 0 Å². The third-order valence-electron chi connectivity index (χ3n) is 2.30. The lowest BCUT2D eigenvalue weighted by atomic mass is 10.2. The monoisotopic (exact) mass is 221 g/mol. The van der Waals surface area contributed by atoms with Gasteiger partial charge in [0.05, 0.1) is 11.0 Å². The number of rotatable bonds is 7. The molecule has 0 amide bonds. The molecule has 1 unspecified atom stereocenters. The summed E-state index contributed by atoms with van der Waals surface area (Å²) in [6, 6.07) is 0.295. The van der Waals surface area contributed by atoms with Crippen molar-refractivity contribution in [2.75, 3.05) is 12.3 Å². The van der Waals surface area contributed by atoms with Gasteiger partial charge < -0.3 is 5.32 Å². The first-order valence-corrected chi connectivity index (χ1v) is 7.06. The number of sulfone groups is 1. The molecule has 86 valence electrons. The SMILES string of the molecule is CCCNC(C)CCS(=O)(=O)C(C)C. The Bertz CT molecular complexity index is 235. The van der Waals surface area contributed by atoms with Crippen molar-refractivity contribution in [3.63, 3.8) is 0 Å². The second-order valence-electron chi connectivity index (χ2n) is 4.06. The minimum Gasteiger partial charge on any atom is -0.314 e. The lowest BCUT2D eigenvalue weighted by Crippen LogP contribution is -2.30. The summed E-state index contributed by atoms with van der Waals surface area (Å²) in [6.45, 7) is 8.57. The van der Waals surface area contributed by atoms with Crippen LogP contribution in [0.2, 0.25) is 0 Å². The Hall–Kier alpha value is -0.0900. The van der Waals surface area contributed by atoms with E-state index >= 15 is 0 Å². The summed E-state index contributed by atoms with van der Waals surface area (Å²) in [4.78, 5) is 0. The Kier molecular flexibility index (Phi) is 6.36. The molecular weight excluding hydrogens is 198 g/mol. The van der Waals surface area contributed by atoms with Gasteiger partial charge in [-0.3, -0.25) is 0 Å². The Morgan fingerprint density at radius 3 is 2.21 bits per heavy atom. The maximum absolute atomic E-state index is 11.5. The number of hydrogen-bond donors (Lipinski definition) is 1. The predicted molar refractivity (Wildman–Crippen MR) is 61.3 cm³/mol. The molecule has 1 atom stereocenters. The van der Waals surface area contributed by atoms with Crippen LogP contribution >= 0.6 is 0 Å². The van der Waals surface area contributed by atoms with Gasteiger partial charge in [-0.15, -0.1) is 0 Å². The molecule has 0 saturated heterocycles. The van der Waals surface area contributed by atoms with Gasteiger partial charge in [-0.1, -0.05) is 6.92 Å². The fraction of sp³-hybridized carbons (Fsp3) is 1.00. The van der Waals surface area contributed by atoms with Gasteiger partial charge in [-0.05, 0) is 40.2 Å². The molecule has 0 rings (SSSR count). The van der Waals surface area contributed by atoms with Crippen molar-refractivity contribution < 1.29 is 8.42 Å². The van der Waals surface area contributed by atoms with E-state index in [4.69, 9.17) is 0 Å². The second-order valence-corrected chi connectivity index (χ2v) is 6.74. The van der Waals surface area contributed by atoms with Crippen LogP contribution < -0.4 is 5.32 Å². The van der Waals surface area contributed by atoms with Crippen LogP contribution in [0.25, 0.3) is 0 Å². The van der Waals surface area contributed by atoms with E-state index in [-0.39, 0.29) is 5.25 Å². The van der Waals surface area contributed by atoms with Crippen LogP contribution in [0.4, 0.5) is 0 Å². The van der Waals surface area contributed by atoms with E-state index in [2.05, 4.69) is 12.2 Å². The topological polar surface area (TPSA) is 46.2 Å². The van der Waals surface area contributed by atoms with E-state index in [1.165, 1.54) is 0 Å². The quantitative estimate of drug-likeness (QED) is 0.710. The van der Waals surface area contributed by atoms with Crippen LogP contribution in [0.15, 0.2) is 0 Å². The van der Waals surface area contributed by atoms with Crippen molar-refractivity contribution in [2.45, 2.75) is 51.8 Å². The van der Waals surface area contributed by atoms with Crippen molar-refractivity contribution in [2.24, 2.45) is 0 Å². The zero-order valence-corrected chi connectivity index (χ0v) is 10.5. The van der Waals surface area contributed by atoms with E-state index in [1.807, 2.05) is 6.92 Å². The predicted octanol–water partition coefficient (Wildman–Crippen LogP) is 1.59. The fourth-order valence-electron chi connectivity index (χ4n) is 1.07. The molecule has 3 nitrogen and oxygen atoms in total. The highest BCUT2D eigenvalue weighted by atomic mass is 32.2. The molecule has 0 aliphatic rings. The van der Waals surface area contributed by atoms with Gasteiger partial charge in [-0.2, -0.15) is 0 Å². The number of nitrogens with one attached hydrogen (secondary N) is 1. The van der Waals surface area contributed by atoms with E-state index in [1.54, 1.807) is 13.8 Å². The molecular formula is C10H23NO2S. The molecule has 0 fully saturated rings. The average Bonchev–Trinajstić information content (AvgIpc) is 2.11. The van der Waals surface area contributed by atoms with Gasteiger partial charge in [-0.25, -0.2) is 8.42 Å². The Morgan fingerprint density at radius 1 is 1.21 bits per heavy atom. The van der Waals surface area contributed by atoms with Crippen molar-refractivity contribution in [3.8, 4) is 0 Å². The van der Waals surface area contributed by atoms with Crippen molar-refractivity contribution in [1.82, 2.24) is 5.32 Å². The molecule has 1 N–H and O–H groups in total. The molecule has 0 spiro atoms. The molecule has 0 aliphatic carbocycles. The summed E-state index contributed by atoms with van der Waals surface area (Å²) in [7, 11) is -2.86. The van der Waals surface area contributed by atoms with Gasteiger partial charge in [0.1, 0.15) is 0 Å². The third kappa shape index (κ3) is 5.60. The normalized spacial score (nSPS) is 14.6. The summed E-state index contributed by atoms with van der Waals surface area (Å²) >= 11 is 0. The zero-order chi connectivity index (χ0) is 11.2. The van der Waals surface area contributed by atoms with E-state index in [9.17, 15) is 8.42 Å². The van der Waals surface area contributed by atoms with Crippen molar-refractivity contribution in [3.05, 3.63) is 0 Å². The summed E-state index contributed by atoms with van der Waals surface area (Å²) in [6.07, 6.45) is 1.79. The van der Waals surface area contributed by atoms with Crippen molar-refractivity contribution >= 4 is 9.84 Å². The molecule has 0 saturated carbocycles. The molecule has 0 radical (unpaired) electrons. The van der Waals surface area contributed by atoms with E-state index < -0.39 is 9.84 Å². The summed E-state index contributed by atoms with van der Waals surface area (Å²) < 4.78 is 23.0. The molecule has 0 aromatic heterocycles. The largest absolute Gasteiger partial charge is 0.314 e. The minimum absolute atomic E-state index is 0.249. The van der Waals surface area contributed by atoms with Crippen LogP contribution in [0, 0.1) is 0 Å². The Balaban J connectivity index is 3.82. The molecule has 14 heavy (non-hydrogen) atoms. The lowest BCUT2D eigenvalue weighted by Gasteiger charge is -2.14. The fourth-order valence-corrected chi connectivity index (χ4v) is 2.22. The van der Waals surface area contributed by atoms with Gasteiger partial charge >= 0.3 is 0 Å². The molecule has 0 aromatic rings.